The number of hydrogen-bond acceptors (Lipinski definition) is 4. The highest BCUT2D eigenvalue weighted by atomic mass is 35.5. The third kappa shape index (κ3) is 3.54. The molecule has 0 spiro atoms. The van der Waals surface area contributed by atoms with Crippen LogP contribution in [0.5, 0.6) is 0 Å². The molecule has 1 aliphatic rings. The van der Waals surface area contributed by atoms with Crippen molar-refractivity contribution in [3.8, 4) is 0 Å². The first-order valence-electron chi connectivity index (χ1n) is 5.80. The fraction of sp³-hybridized carbons (Fsp3) is 0.500. The maximum atomic E-state index is 13.7. The van der Waals surface area contributed by atoms with Crippen LogP contribution in [0.3, 0.4) is 0 Å². The standard InChI is InChI=1S/C12H16ClFN2S2/c13-9-2-1-3-10(14)8(9)6-11(16-15)12-7-17-4-5-18-12/h1-3,11-12,16H,4-7,15H2. The van der Waals surface area contributed by atoms with Crippen molar-refractivity contribution in [2.75, 3.05) is 17.3 Å². The van der Waals surface area contributed by atoms with Gasteiger partial charge in [0.15, 0.2) is 0 Å². The molecule has 0 amide bonds. The summed E-state index contributed by atoms with van der Waals surface area (Å²) in [6.07, 6.45) is 0.528. The van der Waals surface area contributed by atoms with Gasteiger partial charge in [-0.25, -0.2) is 4.39 Å². The number of hydrogen-bond donors (Lipinski definition) is 2. The summed E-state index contributed by atoms with van der Waals surface area (Å²) < 4.78 is 13.7. The molecule has 1 aliphatic heterocycles. The van der Waals surface area contributed by atoms with Crippen LogP contribution in [0.1, 0.15) is 5.56 Å². The van der Waals surface area contributed by atoms with E-state index in [2.05, 4.69) is 5.43 Å². The maximum absolute atomic E-state index is 13.7. The summed E-state index contributed by atoms with van der Waals surface area (Å²) >= 11 is 9.87. The highest BCUT2D eigenvalue weighted by Gasteiger charge is 2.25. The third-order valence-electron chi connectivity index (χ3n) is 2.99. The number of halogens is 2. The first kappa shape index (κ1) is 14.5. The van der Waals surface area contributed by atoms with Crippen LogP contribution < -0.4 is 11.3 Å². The molecule has 0 saturated carbocycles. The van der Waals surface area contributed by atoms with Crippen LogP contribution in [0, 0.1) is 5.82 Å². The molecule has 1 heterocycles. The largest absolute Gasteiger partial charge is 0.271 e. The number of benzene rings is 1. The lowest BCUT2D eigenvalue weighted by Crippen LogP contribution is -2.46. The zero-order chi connectivity index (χ0) is 13.0. The van der Waals surface area contributed by atoms with E-state index in [1.165, 1.54) is 11.8 Å². The van der Waals surface area contributed by atoms with Gasteiger partial charge >= 0.3 is 0 Å². The minimum Gasteiger partial charge on any atom is -0.271 e. The zero-order valence-corrected chi connectivity index (χ0v) is 12.3. The smallest absolute Gasteiger partial charge is 0.127 e. The van der Waals surface area contributed by atoms with Gasteiger partial charge in [-0.3, -0.25) is 11.3 Å². The minimum absolute atomic E-state index is 0.0530. The van der Waals surface area contributed by atoms with Crippen molar-refractivity contribution >= 4 is 35.1 Å². The average molecular weight is 307 g/mol. The van der Waals surface area contributed by atoms with E-state index in [0.29, 0.717) is 22.3 Å². The summed E-state index contributed by atoms with van der Waals surface area (Å²) in [5, 5.41) is 0.883. The van der Waals surface area contributed by atoms with E-state index < -0.39 is 0 Å². The van der Waals surface area contributed by atoms with Crippen LogP contribution in [0.15, 0.2) is 18.2 Å². The predicted octanol–water partition coefficient (Wildman–Crippen LogP) is 2.70. The van der Waals surface area contributed by atoms with Gasteiger partial charge < -0.3 is 0 Å². The van der Waals surface area contributed by atoms with E-state index in [1.807, 2.05) is 23.5 Å². The summed E-state index contributed by atoms with van der Waals surface area (Å²) in [5.74, 6) is 8.71. The molecular weight excluding hydrogens is 291 g/mol. The maximum Gasteiger partial charge on any atom is 0.127 e. The molecule has 18 heavy (non-hydrogen) atoms. The van der Waals surface area contributed by atoms with E-state index in [9.17, 15) is 4.39 Å². The summed E-state index contributed by atoms with van der Waals surface area (Å²) in [4.78, 5) is 0. The second kappa shape index (κ2) is 7.01. The van der Waals surface area contributed by atoms with Gasteiger partial charge in [0.1, 0.15) is 5.82 Å². The van der Waals surface area contributed by atoms with E-state index in [4.69, 9.17) is 17.4 Å². The van der Waals surface area contributed by atoms with E-state index in [0.717, 1.165) is 11.5 Å². The molecule has 3 N–H and O–H groups in total. The van der Waals surface area contributed by atoms with Gasteiger partial charge in [-0.2, -0.15) is 23.5 Å². The van der Waals surface area contributed by atoms with E-state index in [1.54, 1.807) is 12.1 Å². The molecule has 0 bridgehead atoms. The lowest BCUT2D eigenvalue weighted by Gasteiger charge is -2.29. The fourth-order valence-corrected chi connectivity index (χ4v) is 5.09. The summed E-state index contributed by atoms with van der Waals surface area (Å²) in [5.41, 5.74) is 3.37. The molecule has 2 atom stereocenters. The Morgan fingerprint density at radius 1 is 1.50 bits per heavy atom. The van der Waals surface area contributed by atoms with Crippen molar-refractivity contribution in [2.24, 2.45) is 5.84 Å². The molecule has 2 unspecified atom stereocenters. The minimum atomic E-state index is -0.254. The molecule has 6 heteroatoms. The Balaban J connectivity index is 2.09. The van der Waals surface area contributed by atoms with E-state index in [-0.39, 0.29) is 11.9 Å². The van der Waals surface area contributed by atoms with E-state index >= 15 is 0 Å². The van der Waals surface area contributed by atoms with Crippen LogP contribution in [-0.4, -0.2) is 28.6 Å². The number of thioether (sulfide) groups is 2. The molecule has 1 saturated heterocycles. The van der Waals surface area contributed by atoms with Crippen molar-refractivity contribution in [1.29, 1.82) is 0 Å². The van der Waals surface area contributed by atoms with Gasteiger partial charge in [-0.15, -0.1) is 0 Å². The Morgan fingerprint density at radius 2 is 2.33 bits per heavy atom. The lowest BCUT2D eigenvalue weighted by atomic mass is 10.0. The van der Waals surface area contributed by atoms with Crippen molar-refractivity contribution in [3.63, 3.8) is 0 Å². The number of nitrogens with one attached hydrogen (secondary N) is 1. The molecular formula is C12H16ClFN2S2. The average Bonchev–Trinajstić information content (AvgIpc) is 2.40. The first-order chi connectivity index (χ1) is 8.72. The predicted molar refractivity (Wildman–Crippen MR) is 79.8 cm³/mol. The van der Waals surface area contributed by atoms with Gasteiger partial charge in [0.25, 0.3) is 0 Å². The summed E-state index contributed by atoms with van der Waals surface area (Å²) in [6.45, 7) is 0. The molecule has 1 fully saturated rings. The molecule has 1 aromatic carbocycles. The second-order valence-electron chi connectivity index (χ2n) is 4.16. The van der Waals surface area contributed by atoms with Crippen LogP contribution in [0.25, 0.3) is 0 Å². The zero-order valence-electron chi connectivity index (χ0n) is 9.86. The molecule has 2 rings (SSSR count). The van der Waals surface area contributed by atoms with Gasteiger partial charge in [-0.1, -0.05) is 17.7 Å². The second-order valence-corrected chi connectivity index (χ2v) is 7.07. The van der Waals surface area contributed by atoms with Crippen molar-refractivity contribution in [3.05, 3.63) is 34.6 Å². The number of rotatable bonds is 4. The Morgan fingerprint density at radius 3 is 2.94 bits per heavy atom. The number of nitrogens with two attached hydrogens (primary N) is 1. The van der Waals surface area contributed by atoms with Gasteiger partial charge in [0, 0.05) is 39.1 Å². The van der Waals surface area contributed by atoms with Crippen LogP contribution in [-0.2, 0) is 6.42 Å². The van der Waals surface area contributed by atoms with Crippen LogP contribution in [0.2, 0.25) is 5.02 Å². The summed E-state index contributed by atoms with van der Waals surface area (Å²) in [6, 6.07) is 4.84. The lowest BCUT2D eigenvalue weighted by molar-refractivity contribution is 0.507. The first-order valence-corrected chi connectivity index (χ1v) is 8.39. The topological polar surface area (TPSA) is 38.0 Å². The summed E-state index contributed by atoms with van der Waals surface area (Å²) in [7, 11) is 0. The molecule has 1 aromatic rings. The van der Waals surface area contributed by atoms with Crippen molar-refractivity contribution in [1.82, 2.24) is 5.43 Å². The quantitative estimate of drug-likeness (QED) is 0.662. The molecule has 0 aliphatic carbocycles. The third-order valence-corrected chi connectivity index (χ3v) is 6.26. The molecule has 100 valence electrons. The molecule has 2 nitrogen and oxygen atoms in total. The Hall–Kier alpha value is 0.0600. The van der Waals surface area contributed by atoms with Gasteiger partial charge in [0.05, 0.1) is 0 Å². The highest BCUT2D eigenvalue weighted by Crippen LogP contribution is 2.29. The Labute approximate surface area is 120 Å². The van der Waals surface area contributed by atoms with Gasteiger partial charge in [-0.05, 0) is 18.6 Å². The van der Waals surface area contributed by atoms with Crippen LogP contribution >= 0.6 is 35.1 Å². The number of hydrazine groups is 1. The highest BCUT2D eigenvalue weighted by molar-refractivity contribution is 8.06. The SMILES string of the molecule is NNC(Cc1c(F)cccc1Cl)C1CSCCS1. The molecule has 0 radical (unpaired) electrons. The Kier molecular flexibility index (Phi) is 5.63. The fourth-order valence-electron chi connectivity index (χ4n) is 1.98. The monoisotopic (exact) mass is 306 g/mol. The van der Waals surface area contributed by atoms with Gasteiger partial charge in [0.2, 0.25) is 0 Å². The normalized spacial score (nSPS) is 21.8. The van der Waals surface area contributed by atoms with Crippen molar-refractivity contribution < 1.29 is 4.39 Å². The molecule has 0 aromatic heterocycles. The van der Waals surface area contributed by atoms with Crippen LogP contribution in [0.4, 0.5) is 4.39 Å². The van der Waals surface area contributed by atoms with Crippen molar-refractivity contribution in [2.45, 2.75) is 17.7 Å². The Bertz CT molecular complexity index is 379.